The zero-order chi connectivity index (χ0) is 19.5. The molecule has 1 saturated heterocycles. The van der Waals surface area contributed by atoms with Crippen LogP contribution in [-0.2, 0) is 16.1 Å². The van der Waals surface area contributed by atoms with Crippen molar-refractivity contribution in [3.05, 3.63) is 35.9 Å². The molecule has 8 nitrogen and oxygen atoms in total. The number of aryl methyl sites for hydroxylation is 2. The Hall–Kier alpha value is -2.07. The van der Waals surface area contributed by atoms with Crippen LogP contribution < -0.4 is 4.90 Å². The van der Waals surface area contributed by atoms with Gasteiger partial charge in [0.2, 0.25) is 0 Å². The minimum absolute atomic E-state index is 0. The molecule has 156 valence electrons. The molecular formula is C19H25ClN6O2S. The smallest absolute Gasteiger partial charge is 0.250 e. The van der Waals surface area contributed by atoms with Gasteiger partial charge >= 0.3 is 0 Å². The van der Waals surface area contributed by atoms with Crippen molar-refractivity contribution in [2.24, 2.45) is 0 Å². The monoisotopic (exact) mass is 436 g/mol. The van der Waals surface area contributed by atoms with Gasteiger partial charge in [0.25, 0.3) is 5.91 Å². The highest BCUT2D eigenvalue weighted by atomic mass is 35.5. The summed E-state index contributed by atoms with van der Waals surface area (Å²) in [6.07, 6.45) is 3.00. The number of anilines is 1. The summed E-state index contributed by atoms with van der Waals surface area (Å²) < 4.78 is 8.07. The van der Waals surface area contributed by atoms with E-state index in [1.807, 2.05) is 0 Å². The van der Waals surface area contributed by atoms with Gasteiger partial charge in [-0.25, -0.2) is 14.6 Å². The summed E-state index contributed by atoms with van der Waals surface area (Å²) in [4.78, 5) is 25.9. The molecule has 0 atom stereocenters. The lowest BCUT2D eigenvalue weighted by Crippen LogP contribution is -2.44. The van der Waals surface area contributed by atoms with Crippen molar-refractivity contribution in [3.63, 3.8) is 0 Å². The van der Waals surface area contributed by atoms with Crippen LogP contribution >= 0.6 is 23.7 Å². The van der Waals surface area contributed by atoms with Gasteiger partial charge < -0.3 is 4.74 Å². The van der Waals surface area contributed by atoms with Crippen LogP contribution in [0.25, 0.3) is 10.2 Å². The van der Waals surface area contributed by atoms with E-state index in [9.17, 15) is 4.79 Å². The summed E-state index contributed by atoms with van der Waals surface area (Å²) in [5.74, 6) is -0.0350. The van der Waals surface area contributed by atoms with Crippen molar-refractivity contribution in [3.8, 4) is 0 Å². The third-order valence-corrected chi connectivity index (χ3v) is 6.16. The molecule has 3 heterocycles. The number of hydrogen-bond donors (Lipinski definition) is 0. The summed E-state index contributed by atoms with van der Waals surface area (Å²) >= 11 is 1.56. The third-order valence-electron chi connectivity index (χ3n) is 5.11. The minimum atomic E-state index is -0.0350. The van der Waals surface area contributed by atoms with E-state index < -0.39 is 0 Å². The highest BCUT2D eigenvalue weighted by Gasteiger charge is 2.22. The van der Waals surface area contributed by atoms with Gasteiger partial charge in [0, 0.05) is 26.2 Å². The molecule has 1 aliphatic heterocycles. The topological polar surface area (TPSA) is 76.4 Å². The number of amides is 1. The lowest BCUT2D eigenvalue weighted by Gasteiger charge is -2.29. The van der Waals surface area contributed by atoms with E-state index in [0.717, 1.165) is 53.8 Å². The third kappa shape index (κ3) is 4.92. The fraction of sp³-hybridized carbons (Fsp3) is 0.474. The molecule has 4 rings (SSSR count). The van der Waals surface area contributed by atoms with E-state index in [2.05, 4.69) is 41.0 Å². The maximum atomic E-state index is 13.1. The normalized spacial score (nSPS) is 14.7. The van der Waals surface area contributed by atoms with Crippen LogP contribution in [0.2, 0.25) is 0 Å². The number of morpholine rings is 1. The number of fused-ring (bicyclic) bond motifs is 1. The van der Waals surface area contributed by atoms with Crippen LogP contribution in [-0.4, -0.2) is 69.9 Å². The summed E-state index contributed by atoms with van der Waals surface area (Å²) in [6.45, 7) is 8.96. The van der Waals surface area contributed by atoms with Crippen molar-refractivity contribution in [1.29, 1.82) is 0 Å². The average Bonchev–Trinajstić information content (AvgIpc) is 3.36. The average molecular weight is 437 g/mol. The maximum absolute atomic E-state index is 13.1. The Bertz CT molecular complexity index is 955. The molecule has 0 saturated carbocycles. The van der Waals surface area contributed by atoms with E-state index in [-0.39, 0.29) is 24.9 Å². The van der Waals surface area contributed by atoms with Crippen molar-refractivity contribution in [2.45, 2.75) is 20.4 Å². The first-order chi connectivity index (χ1) is 13.6. The van der Waals surface area contributed by atoms with Gasteiger partial charge in [-0.2, -0.15) is 5.10 Å². The lowest BCUT2D eigenvalue weighted by molar-refractivity contribution is -0.119. The first-order valence-corrected chi connectivity index (χ1v) is 10.2. The molecule has 0 spiro atoms. The number of benzene rings is 1. The van der Waals surface area contributed by atoms with Crippen LogP contribution in [0.1, 0.15) is 11.1 Å². The molecule has 10 heteroatoms. The quantitative estimate of drug-likeness (QED) is 0.590. The molecule has 1 amide bonds. The Balaban J connectivity index is 0.00000240. The summed E-state index contributed by atoms with van der Waals surface area (Å²) in [7, 11) is 0. The second-order valence-corrected chi connectivity index (χ2v) is 7.95. The molecule has 3 aromatic rings. The zero-order valence-corrected chi connectivity index (χ0v) is 18.2. The SMILES string of the molecule is Cc1ccc2sc(N(CCN3CCOCC3)C(=O)Cn3cncn3)nc2c1C.Cl. The van der Waals surface area contributed by atoms with Crippen LogP contribution in [0.3, 0.4) is 0 Å². The fourth-order valence-corrected chi connectivity index (χ4v) is 4.33. The number of carbonyl (C=O) groups is 1. The molecule has 1 fully saturated rings. The highest BCUT2D eigenvalue weighted by molar-refractivity contribution is 7.22. The number of nitrogens with zero attached hydrogens (tertiary/aromatic N) is 6. The maximum Gasteiger partial charge on any atom is 0.250 e. The standard InChI is InChI=1S/C19H24N6O2S.ClH/c1-14-3-4-16-18(15(14)2)22-19(28-16)25(6-5-23-7-9-27-10-8-23)17(26)11-24-13-20-12-21-24;/h3-4,12-13H,5-11H2,1-2H3;1H. The van der Waals surface area contributed by atoms with Crippen molar-refractivity contribution >= 4 is 45.0 Å². The molecule has 0 bridgehead atoms. The van der Waals surface area contributed by atoms with Gasteiger partial charge in [-0.3, -0.25) is 14.6 Å². The van der Waals surface area contributed by atoms with E-state index in [1.54, 1.807) is 27.2 Å². The Morgan fingerprint density at radius 3 is 2.79 bits per heavy atom. The van der Waals surface area contributed by atoms with Gasteiger partial charge in [-0.05, 0) is 31.0 Å². The van der Waals surface area contributed by atoms with E-state index in [1.165, 1.54) is 11.9 Å². The minimum Gasteiger partial charge on any atom is -0.379 e. The second-order valence-electron chi connectivity index (χ2n) is 6.94. The number of carbonyl (C=O) groups excluding carboxylic acids is 1. The molecule has 1 aliphatic rings. The Morgan fingerprint density at radius 2 is 2.07 bits per heavy atom. The fourth-order valence-electron chi connectivity index (χ4n) is 3.26. The van der Waals surface area contributed by atoms with Crippen LogP contribution in [0, 0.1) is 13.8 Å². The van der Waals surface area contributed by atoms with Gasteiger partial charge in [0.1, 0.15) is 19.2 Å². The molecule has 0 aliphatic carbocycles. The first kappa shape index (κ1) is 21.6. The highest BCUT2D eigenvalue weighted by Crippen LogP contribution is 2.32. The van der Waals surface area contributed by atoms with Gasteiger partial charge in [0.15, 0.2) is 5.13 Å². The predicted molar refractivity (Wildman–Crippen MR) is 116 cm³/mol. The molecule has 0 N–H and O–H groups in total. The van der Waals surface area contributed by atoms with Gasteiger partial charge in [-0.1, -0.05) is 17.4 Å². The van der Waals surface area contributed by atoms with Gasteiger partial charge in [-0.15, -0.1) is 12.4 Å². The van der Waals surface area contributed by atoms with Crippen molar-refractivity contribution < 1.29 is 9.53 Å². The first-order valence-electron chi connectivity index (χ1n) is 9.41. The second kappa shape index (κ2) is 9.62. The molecule has 0 radical (unpaired) electrons. The van der Waals surface area contributed by atoms with Crippen LogP contribution in [0.15, 0.2) is 24.8 Å². The largest absolute Gasteiger partial charge is 0.379 e. The van der Waals surface area contributed by atoms with Crippen LogP contribution in [0.5, 0.6) is 0 Å². The molecule has 29 heavy (non-hydrogen) atoms. The molecular weight excluding hydrogens is 412 g/mol. The zero-order valence-electron chi connectivity index (χ0n) is 16.6. The Labute approximate surface area is 179 Å². The van der Waals surface area contributed by atoms with Crippen LogP contribution in [0.4, 0.5) is 5.13 Å². The summed E-state index contributed by atoms with van der Waals surface area (Å²) in [5, 5.41) is 4.80. The summed E-state index contributed by atoms with van der Waals surface area (Å²) in [5.41, 5.74) is 3.35. The number of rotatable bonds is 6. The predicted octanol–water partition coefficient (Wildman–Crippen LogP) is 2.29. The number of halogens is 1. The molecule has 0 unspecified atom stereocenters. The lowest BCUT2D eigenvalue weighted by atomic mass is 10.1. The number of thiazole rings is 1. The van der Waals surface area contributed by atoms with Gasteiger partial charge in [0.05, 0.1) is 23.4 Å². The van der Waals surface area contributed by atoms with Crippen molar-refractivity contribution in [1.82, 2.24) is 24.6 Å². The Morgan fingerprint density at radius 1 is 1.28 bits per heavy atom. The van der Waals surface area contributed by atoms with E-state index >= 15 is 0 Å². The molecule has 1 aromatic carbocycles. The van der Waals surface area contributed by atoms with Crippen molar-refractivity contribution in [2.75, 3.05) is 44.3 Å². The van der Waals surface area contributed by atoms with E-state index in [4.69, 9.17) is 9.72 Å². The molecule has 2 aromatic heterocycles. The summed E-state index contributed by atoms with van der Waals surface area (Å²) in [6, 6.07) is 4.19. The Kier molecular flexibility index (Phi) is 7.18. The number of hydrogen-bond acceptors (Lipinski definition) is 7. The van der Waals surface area contributed by atoms with E-state index in [0.29, 0.717) is 6.54 Å². The number of aromatic nitrogens is 4. The number of ether oxygens (including phenoxy) is 1.